The van der Waals surface area contributed by atoms with Crippen molar-refractivity contribution in [1.82, 2.24) is 19.7 Å². The van der Waals surface area contributed by atoms with Crippen LogP contribution in [0.1, 0.15) is 12.6 Å². The van der Waals surface area contributed by atoms with Crippen molar-refractivity contribution in [2.75, 3.05) is 17.6 Å². The van der Waals surface area contributed by atoms with Gasteiger partial charge in [-0.15, -0.1) is 0 Å². The van der Waals surface area contributed by atoms with Gasteiger partial charge in [-0.25, -0.2) is 14.4 Å². The van der Waals surface area contributed by atoms with Gasteiger partial charge in [-0.1, -0.05) is 6.92 Å². The van der Waals surface area contributed by atoms with Crippen LogP contribution in [0.5, 0.6) is 0 Å². The molecule has 7 heteroatoms. The lowest BCUT2D eigenvalue weighted by Crippen LogP contribution is -2.13. The number of hydrogen-bond acceptors (Lipinski definition) is 5. The summed E-state index contributed by atoms with van der Waals surface area (Å²) in [6.45, 7) is 2.95. The van der Waals surface area contributed by atoms with E-state index in [0.717, 1.165) is 0 Å². The highest BCUT2D eigenvalue weighted by Crippen LogP contribution is 2.12. The predicted molar refractivity (Wildman–Crippen MR) is 66.5 cm³/mol. The zero-order valence-corrected chi connectivity index (χ0v) is 10.1. The van der Waals surface area contributed by atoms with E-state index >= 15 is 0 Å². The van der Waals surface area contributed by atoms with Crippen LogP contribution < -0.4 is 11.1 Å². The highest BCUT2D eigenvalue weighted by Gasteiger charge is 2.08. The lowest BCUT2D eigenvalue weighted by atomic mass is 10.3. The van der Waals surface area contributed by atoms with Crippen LogP contribution in [-0.2, 0) is 13.0 Å². The standard InChI is InChI=1S/C11H15FN6/c1-2-9-10(12)11(16-7-15-9)14-3-4-18-6-8(13)5-17-18/h5-7H,2-4,13H2,1H3,(H,14,15,16). The molecule has 0 atom stereocenters. The molecule has 0 unspecified atom stereocenters. The lowest BCUT2D eigenvalue weighted by molar-refractivity contribution is 0.591. The van der Waals surface area contributed by atoms with E-state index in [4.69, 9.17) is 5.73 Å². The van der Waals surface area contributed by atoms with Crippen molar-refractivity contribution in [3.05, 3.63) is 30.2 Å². The molecule has 2 aromatic heterocycles. The second-order valence-corrected chi connectivity index (χ2v) is 3.80. The molecule has 3 N–H and O–H groups in total. The molecule has 2 heterocycles. The van der Waals surface area contributed by atoms with Gasteiger partial charge in [0.15, 0.2) is 11.6 Å². The van der Waals surface area contributed by atoms with Gasteiger partial charge in [0, 0.05) is 12.7 Å². The molecule has 0 amide bonds. The van der Waals surface area contributed by atoms with Gasteiger partial charge in [0.2, 0.25) is 0 Å². The van der Waals surface area contributed by atoms with Gasteiger partial charge in [0.1, 0.15) is 6.33 Å². The van der Waals surface area contributed by atoms with Crippen molar-refractivity contribution in [2.45, 2.75) is 19.9 Å². The van der Waals surface area contributed by atoms with Gasteiger partial charge in [-0.3, -0.25) is 4.68 Å². The number of nitrogen functional groups attached to an aromatic ring is 1. The molecule has 0 radical (unpaired) electrons. The average molecular weight is 250 g/mol. The van der Waals surface area contributed by atoms with Crippen molar-refractivity contribution in [1.29, 1.82) is 0 Å². The number of hydrogen-bond donors (Lipinski definition) is 2. The van der Waals surface area contributed by atoms with E-state index in [9.17, 15) is 4.39 Å². The summed E-state index contributed by atoms with van der Waals surface area (Å²) in [5, 5.41) is 6.95. The average Bonchev–Trinajstić information content (AvgIpc) is 2.77. The smallest absolute Gasteiger partial charge is 0.186 e. The SMILES string of the molecule is CCc1ncnc(NCCn2cc(N)cn2)c1F. The van der Waals surface area contributed by atoms with Crippen LogP contribution in [0.4, 0.5) is 15.9 Å². The minimum absolute atomic E-state index is 0.224. The second-order valence-electron chi connectivity index (χ2n) is 3.80. The molecule has 0 fully saturated rings. The monoisotopic (exact) mass is 250 g/mol. The summed E-state index contributed by atoms with van der Waals surface area (Å²) < 4.78 is 15.5. The normalized spacial score (nSPS) is 10.6. The molecule has 0 bridgehead atoms. The number of nitrogens with one attached hydrogen (secondary N) is 1. The Hall–Kier alpha value is -2.18. The Morgan fingerprint density at radius 3 is 2.94 bits per heavy atom. The zero-order chi connectivity index (χ0) is 13.0. The number of rotatable bonds is 5. The molecule has 0 saturated carbocycles. The van der Waals surface area contributed by atoms with Gasteiger partial charge in [0.25, 0.3) is 0 Å². The highest BCUT2D eigenvalue weighted by atomic mass is 19.1. The summed E-state index contributed by atoms with van der Waals surface area (Å²) in [5.41, 5.74) is 6.56. The predicted octanol–water partition coefficient (Wildman–Crippen LogP) is 1.07. The van der Waals surface area contributed by atoms with E-state index in [-0.39, 0.29) is 11.6 Å². The Balaban J connectivity index is 1.94. The van der Waals surface area contributed by atoms with Crippen LogP contribution in [-0.4, -0.2) is 26.3 Å². The maximum atomic E-state index is 13.8. The Bertz CT molecular complexity index is 524. The largest absolute Gasteiger partial charge is 0.396 e. The van der Waals surface area contributed by atoms with Gasteiger partial charge in [0.05, 0.1) is 24.1 Å². The van der Waals surface area contributed by atoms with Crippen molar-refractivity contribution >= 4 is 11.5 Å². The fourth-order valence-corrected chi connectivity index (χ4v) is 1.57. The van der Waals surface area contributed by atoms with Crippen molar-refractivity contribution in [3.63, 3.8) is 0 Å². The second kappa shape index (κ2) is 5.44. The summed E-state index contributed by atoms with van der Waals surface area (Å²) in [4.78, 5) is 7.74. The minimum Gasteiger partial charge on any atom is -0.396 e. The van der Waals surface area contributed by atoms with Gasteiger partial charge in [-0.05, 0) is 6.42 Å². The van der Waals surface area contributed by atoms with E-state index in [2.05, 4.69) is 20.4 Å². The quantitative estimate of drug-likeness (QED) is 0.829. The first-order valence-electron chi connectivity index (χ1n) is 5.72. The number of aromatic nitrogens is 4. The van der Waals surface area contributed by atoms with Crippen molar-refractivity contribution in [3.8, 4) is 0 Å². The van der Waals surface area contributed by atoms with E-state index in [0.29, 0.717) is 30.9 Å². The number of aryl methyl sites for hydroxylation is 1. The van der Waals surface area contributed by atoms with Gasteiger partial charge >= 0.3 is 0 Å². The highest BCUT2D eigenvalue weighted by molar-refractivity contribution is 5.37. The molecule has 18 heavy (non-hydrogen) atoms. The molecule has 96 valence electrons. The van der Waals surface area contributed by atoms with E-state index < -0.39 is 0 Å². The molecular formula is C11H15FN6. The fourth-order valence-electron chi connectivity index (χ4n) is 1.57. The molecule has 0 aliphatic carbocycles. The van der Waals surface area contributed by atoms with Crippen LogP contribution in [0.25, 0.3) is 0 Å². The summed E-state index contributed by atoms with van der Waals surface area (Å²) in [6.07, 6.45) is 5.19. The molecule has 0 aromatic carbocycles. The molecule has 0 aliphatic rings. The molecule has 2 aromatic rings. The summed E-state index contributed by atoms with van der Waals surface area (Å²) >= 11 is 0. The third-order valence-electron chi connectivity index (χ3n) is 2.48. The molecule has 6 nitrogen and oxygen atoms in total. The number of halogens is 1. The zero-order valence-electron chi connectivity index (χ0n) is 10.1. The molecule has 0 saturated heterocycles. The third-order valence-corrected chi connectivity index (χ3v) is 2.48. The van der Waals surface area contributed by atoms with E-state index in [1.54, 1.807) is 17.1 Å². The van der Waals surface area contributed by atoms with Crippen LogP contribution >= 0.6 is 0 Å². The van der Waals surface area contributed by atoms with Gasteiger partial charge < -0.3 is 11.1 Å². The number of anilines is 2. The molecule has 2 rings (SSSR count). The summed E-state index contributed by atoms with van der Waals surface area (Å²) in [7, 11) is 0. The first-order chi connectivity index (χ1) is 8.70. The number of nitrogens with two attached hydrogens (primary N) is 1. The Morgan fingerprint density at radius 2 is 2.28 bits per heavy atom. The lowest BCUT2D eigenvalue weighted by Gasteiger charge is -2.08. The summed E-state index contributed by atoms with van der Waals surface area (Å²) in [6, 6.07) is 0. The maximum absolute atomic E-state index is 13.8. The molecule has 0 spiro atoms. The van der Waals surface area contributed by atoms with Crippen LogP contribution in [0.3, 0.4) is 0 Å². The van der Waals surface area contributed by atoms with Crippen LogP contribution in [0.2, 0.25) is 0 Å². The van der Waals surface area contributed by atoms with Crippen molar-refractivity contribution in [2.24, 2.45) is 0 Å². The Morgan fingerprint density at radius 1 is 1.44 bits per heavy atom. The van der Waals surface area contributed by atoms with E-state index in [1.807, 2.05) is 6.92 Å². The van der Waals surface area contributed by atoms with E-state index in [1.165, 1.54) is 6.33 Å². The maximum Gasteiger partial charge on any atom is 0.186 e. The van der Waals surface area contributed by atoms with Gasteiger partial charge in [-0.2, -0.15) is 5.10 Å². The first kappa shape index (κ1) is 12.3. The third kappa shape index (κ3) is 2.73. The topological polar surface area (TPSA) is 81.7 Å². The molecule has 0 aliphatic heterocycles. The fraction of sp³-hybridized carbons (Fsp3) is 0.364. The van der Waals surface area contributed by atoms with Crippen LogP contribution in [0.15, 0.2) is 18.7 Å². The summed E-state index contributed by atoms with van der Waals surface area (Å²) in [5.74, 6) is -0.165. The number of nitrogens with zero attached hydrogens (tertiary/aromatic N) is 4. The first-order valence-corrected chi connectivity index (χ1v) is 5.72. The molecular weight excluding hydrogens is 235 g/mol. The van der Waals surface area contributed by atoms with Crippen molar-refractivity contribution < 1.29 is 4.39 Å². The van der Waals surface area contributed by atoms with Crippen LogP contribution in [0, 0.1) is 5.82 Å². The Labute approximate surface area is 104 Å². The Kier molecular flexibility index (Phi) is 3.71. The minimum atomic E-state index is -0.389.